The van der Waals surface area contributed by atoms with Crippen LogP contribution in [-0.2, 0) is 10.0 Å². The van der Waals surface area contributed by atoms with Crippen LogP contribution in [0.3, 0.4) is 0 Å². The molecule has 0 bridgehead atoms. The minimum absolute atomic E-state index is 0.0788. The van der Waals surface area contributed by atoms with Crippen LogP contribution in [0.1, 0.15) is 10.4 Å². The van der Waals surface area contributed by atoms with Gasteiger partial charge in [-0.05, 0) is 24.3 Å². The number of sulfonamides is 1. The van der Waals surface area contributed by atoms with Crippen molar-refractivity contribution in [3.63, 3.8) is 0 Å². The quantitative estimate of drug-likeness (QED) is 0.659. The van der Waals surface area contributed by atoms with E-state index in [1.807, 2.05) is 12.1 Å². The number of aromatic nitrogens is 1. The number of ether oxygens (including phenoxy) is 1. The molecule has 1 amide bonds. The van der Waals surface area contributed by atoms with E-state index in [0.29, 0.717) is 22.5 Å². The number of nitrogens with one attached hydrogen (secondary N) is 1. The number of methoxy groups -OCH3 is 1. The number of anilines is 1. The summed E-state index contributed by atoms with van der Waals surface area (Å²) >= 11 is 0. The first-order valence-corrected chi connectivity index (χ1v) is 10.5. The summed E-state index contributed by atoms with van der Waals surface area (Å²) < 4.78 is 31.2. The van der Waals surface area contributed by atoms with Crippen LogP contribution in [-0.4, -0.2) is 45.8 Å². The van der Waals surface area contributed by atoms with Crippen molar-refractivity contribution in [1.29, 1.82) is 0 Å². The lowest BCUT2D eigenvalue weighted by atomic mass is 10.2. The van der Waals surface area contributed by atoms with Gasteiger partial charge in [-0.15, -0.1) is 0 Å². The van der Waals surface area contributed by atoms with Crippen LogP contribution >= 0.6 is 0 Å². The number of amides is 1. The first-order chi connectivity index (χ1) is 13.4. The first kappa shape index (κ1) is 19.6. The van der Waals surface area contributed by atoms with Crippen molar-refractivity contribution in [2.45, 2.75) is 0 Å². The number of carbonyl (C=O) groups excluding carboxylic acids is 1. The molecule has 8 heteroatoms. The third-order valence-corrected chi connectivity index (χ3v) is 5.41. The Morgan fingerprint density at radius 2 is 1.86 bits per heavy atom. The van der Waals surface area contributed by atoms with E-state index in [-0.39, 0.29) is 19.0 Å². The molecule has 0 unspecified atom stereocenters. The number of hydrogen-bond donors (Lipinski definition) is 1. The fourth-order valence-corrected chi connectivity index (χ4v) is 3.88. The highest BCUT2D eigenvalue weighted by Gasteiger charge is 2.20. The van der Waals surface area contributed by atoms with Gasteiger partial charge in [-0.2, -0.15) is 0 Å². The molecule has 3 aromatic rings. The lowest BCUT2D eigenvalue weighted by Crippen LogP contribution is -2.38. The number of benzene rings is 2. The Morgan fingerprint density at radius 1 is 1.11 bits per heavy atom. The van der Waals surface area contributed by atoms with Gasteiger partial charge in [0.25, 0.3) is 5.91 Å². The van der Waals surface area contributed by atoms with Crippen LogP contribution in [0.25, 0.3) is 10.9 Å². The zero-order valence-corrected chi connectivity index (χ0v) is 16.4. The molecule has 1 N–H and O–H groups in total. The maximum atomic E-state index is 12.4. The summed E-state index contributed by atoms with van der Waals surface area (Å²) in [6.07, 6.45) is 2.76. The second-order valence-electron chi connectivity index (χ2n) is 6.14. The van der Waals surface area contributed by atoms with Gasteiger partial charge in [0.15, 0.2) is 0 Å². The molecule has 0 aliphatic rings. The van der Waals surface area contributed by atoms with Crippen molar-refractivity contribution in [3.8, 4) is 5.75 Å². The Labute approximate surface area is 164 Å². The molecule has 1 heterocycles. The van der Waals surface area contributed by atoms with Crippen molar-refractivity contribution in [3.05, 3.63) is 66.4 Å². The third-order valence-electron chi connectivity index (χ3n) is 4.23. The average Bonchev–Trinajstić information content (AvgIpc) is 2.70. The number of hydrogen-bond acceptors (Lipinski definition) is 5. The zero-order chi connectivity index (χ0) is 20.1. The van der Waals surface area contributed by atoms with Gasteiger partial charge in [0.2, 0.25) is 10.0 Å². The van der Waals surface area contributed by atoms with Crippen molar-refractivity contribution in [2.75, 3.05) is 30.8 Å². The van der Waals surface area contributed by atoms with E-state index >= 15 is 0 Å². The van der Waals surface area contributed by atoms with Crippen LogP contribution < -0.4 is 14.4 Å². The Balaban J connectivity index is 1.80. The van der Waals surface area contributed by atoms with Crippen molar-refractivity contribution in [1.82, 2.24) is 10.3 Å². The highest BCUT2D eigenvalue weighted by molar-refractivity contribution is 7.92. The Bertz CT molecular complexity index is 1090. The SMILES string of the molecule is COc1ccccc1C(=O)NCCN(c1cccc2cccnc12)S(C)(=O)=O. The molecule has 28 heavy (non-hydrogen) atoms. The maximum Gasteiger partial charge on any atom is 0.255 e. The molecule has 7 nitrogen and oxygen atoms in total. The van der Waals surface area contributed by atoms with Crippen LogP contribution in [0.15, 0.2) is 60.8 Å². The minimum Gasteiger partial charge on any atom is -0.496 e. The molecule has 0 radical (unpaired) electrons. The second kappa shape index (κ2) is 8.26. The largest absolute Gasteiger partial charge is 0.496 e. The maximum absolute atomic E-state index is 12.4. The standard InChI is InChI=1S/C20H21N3O4S/c1-27-18-11-4-3-9-16(18)20(24)22-13-14-23(28(2,25)26)17-10-5-7-15-8-6-12-21-19(15)17/h3-12H,13-14H2,1-2H3,(H,22,24). The normalized spacial score (nSPS) is 11.2. The second-order valence-corrected chi connectivity index (χ2v) is 8.05. The van der Waals surface area contributed by atoms with Gasteiger partial charge in [-0.25, -0.2) is 8.42 Å². The zero-order valence-electron chi connectivity index (χ0n) is 15.6. The summed E-state index contributed by atoms with van der Waals surface area (Å²) in [5.74, 6) is 0.125. The summed E-state index contributed by atoms with van der Waals surface area (Å²) in [5.41, 5.74) is 1.46. The minimum atomic E-state index is -3.57. The predicted molar refractivity (Wildman–Crippen MR) is 109 cm³/mol. The summed E-state index contributed by atoms with van der Waals surface area (Å²) in [5, 5.41) is 3.59. The van der Waals surface area contributed by atoms with Gasteiger partial charge in [-0.1, -0.05) is 30.3 Å². The summed E-state index contributed by atoms with van der Waals surface area (Å²) in [6.45, 7) is 0.211. The number of para-hydroxylation sites is 2. The lowest BCUT2D eigenvalue weighted by molar-refractivity contribution is 0.0952. The van der Waals surface area contributed by atoms with Gasteiger partial charge >= 0.3 is 0 Å². The number of rotatable bonds is 7. The lowest BCUT2D eigenvalue weighted by Gasteiger charge is -2.23. The van der Waals surface area contributed by atoms with Gasteiger partial charge in [0.05, 0.1) is 36.7 Å². The van der Waals surface area contributed by atoms with E-state index in [1.165, 1.54) is 11.4 Å². The van der Waals surface area contributed by atoms with Crippen molar-refractivity contribution in [2.24, 2.45) is 0 Å². The van der Waals surface area contributed by atoms with E-state index < -0.39 is 10.0 Å². The van der Waals surface area contributed by atoms with Crippen molar-refractivity contribution >= 4 is 32.5 Å². The molecule has 0 spiro atoms. The van der Waals surface area contributed by atoms with Crippen LogP contribution in [0.4, 0.5) is 5.69 Å². The number of carbonyl (C=O) groups is 1. The molecule has 1 aromatic heterocycles. The molecule has 146 valence electrons. The molecule has 0 saturated heterocycles. The smallest absolute Gasteiger partial charge is 0.255 e. The monoisotopic (exact) mass is 399 g/mol. The van der Waals surface area contributed by atoms with Gasteiger partial charge in [-0.3, -0.25) is 14.1 Å². The average molecular weight is 399 g/mol. The predicted octanol–water partition coefficient (Wildman–Crippen LogP) is 2.44. The molecular formula is C20H21N3O4S. The molecule has 3 rings (SSSR count). The molecule has 0 aliphatic carbocycles. The molecule has 0 aliphatic heterocycles. The fraction of sp³-hybridized carbons (Fsp3) is 0.200. The van der Waals surface area contributed by atoms with Gasteiger partial charge in [0.1, 0.15) is 5.75 Å². The highest BCUT2D eigenvalue weighted by atomic mass is 32.2. The summed E-state index contributed by atoms with van der Waals surface area (Å²) in [7, 11) is -2.08. The third kappa shape index (κ3) is 4.23. The first-order valence-electron chi connectivity index (χ1n) is 8.64. The number of nitrogens with zero attached hydrogens (tertiary/aromatic N) is 2. The Morgan fingerprint density at radius 3 is 2.61 bits per heavy atom. The van der Waals surface area contributed by atoms with Crippen LogP contribution in [0.2, 0.25) is 0 Å². The summed E-state index contributed by atoms with van der Waals surface area (Å²) in [6, 6.07) is 15.9. The Hall–Kier alpha value is -3.13. The van der Waals surface area contributed by atoms with E-state index in [4.69, 9.17) is 4.74 Å². The van der Waals surface area contributed by atoms with Gasteiger partial charge < -0.3 is 10.1 Å². The van der Waals surface area contributed by atoms with Gasteiger partial charge in [0, 0.05) is 18.1 Å². The van der Waals surface area contributed by atoms with E-state index in [9.17, 15) is 13.2 Å². The number of fused-ring (bicyclic) bond motifs is 1. The molecule has 0 saturated carbocycles. The van der Waals surface area contributed by atoms with Crippen molar-refractivity contribution < 1.29 is 17.9 Å². The van der Waals surface area contributed by atoms with Crippen LogP contribution in [0, 0.1) is 0 Å². The van der Waals surface area contributed by atoms with E-state index in [0.717, 1.165) is 11.6 Å². The van der Waals surface area contributed by atoms with E-state index in [1.54, 1.807) is 48.7 Å². The summed E-state index contributed by atoms with van der Waals surface area (Å²) in [4.78, 5) is 16.8. The van der Waals surface area contributed by atoms with Crippen LogP contribution in [0.5, 0.6) is 5.75 Å². The molecule has 0 atom stereocenters. The molecule has 0 fully saturated rings. The molecule has 2 aromatic carbocycles. The van der Waals surface area contributed by atoms with E-state index in [2.05, 4.69) is 10.3 Å². The highest BCUT2D eigenvalue weighted by Crippen LogP contribution is 2.26. The number of pyridine rings is 1. The Kier molecular flexibility index (Phi) is 5.79. The molecular weight excluding hydrogens is 378 g/mol. The topological polar surface area (TPSA) is 88.6 Å². The fourth-order valence-electron chi connectivity index (χ4n) is 2.95.